The number of carbonyl (C=O) groups excluding carboxylic acids is 1. The Kier molecular flexibility index (Phi) is 6.33. The van der Waals surface area contributed by atoms with Crippen LogP contribution in [0.1, 0.15) is 41.9 Å². The number of rotatable bonds is 6. The fraction of sp³-hybridized carbons (Fsp3) is 0.292. The number of fused-ring (bicyclic) bond motifs is 1. The van der Waals surface area contributed by atoms with Crippen LogP contribution >= 0.6 is 11.6 Å². The molecule has 5 heteroatoms. The summed E-state index contributed by atoms with van der Waals surface area (Å²) in [6, 6.07) is 9.52. The number of hydrogen-bond acceptors (Lipinski definition) is 3. The smallest absolute Gasteiger partial charge is 0.244 e. The number of hydrogen-bond donors (Lipinski definition) is 1. The summed E-state index contributed by atoms with van der Waals surface area (Å²) in [5.41, 5.74) is 5.48. The zero-order valence-electron chi connectivity index (χ0n) is 17.5. The van der Waals surface area contributed by atoms with Crippen LogP contribution < -0.4 is 10.1 Å². The van der Waals surface area contributed by atoms with E-state index < -0.39 is 0 Å². The summed E-state index contributed by atoms with van der Waals surface area (Å²) >= 11 is 6.16. The van der Waals surface area contributed by atoms with Crippen molar-refractivity contribution in [1.82, 2.24) is 5.32 Å². The Morgan fingerprint density at radius 2 is 1.93 bits per heavy atom. The van der Waals surface area contributed by atoms with Crippen LogP contribution in [0.4, 0.5) is 0 Å². The van der Waals surface area contributed by atoms with Crippen LogP contribution in [-0.2, 0) is 11.3 Å². The van der Waals surface area contributed by atoms with Crippen LogP contribution in [0.2, 0.25) is 5.02 Å². The molecule has 1 heterocycles. The predicted molar refractivity (Wildman–Crippen MR) is 119 cm³/mol. The van der Waals surface area contributed by atoms with E-state index in [1.165, 1.54) is 0 Å². The van der Waals surface area contributed by atoms with Gasteiger partial charge in [-0.25, -0.2) is 0 Å². The molecule has 0 spiro atoms. The summed E-state index contributed by atoms with van der Waals surface area (Å²) in [4.78, 5) is 12.5. The van der Waals surface area contributed by atoms with Crippen LogP contribution in [0, 0.1) is 20.8 Å². The summed E-state index contributed by atoms with van der Waals surface area (Å²) in [5, 5.41) is 4.58. The lowest BCUT2D eigenvalue weighted by Crippen LogP contribution is -2.20. The molecule has 152 valence electrons. The maximum Gasteiger partial charge on any atom is 0.244 e. The Morgan fingerprint density at radius 1 is 1.21 bits per heavy atom. The lowest BCUT2D eigenvalue weighted by molar-refractivity contribution is -0.116. The molecule has 3 aromatic rings. The third kappa shape index (κ3) is 4.33. The van der Waals surface area contributed by atoms with E-state index in [4.69, 9.17) is 20.8 Å². The molecule has 0 bridgehead atoms. The summed E-state index contributed by atoms with van der Waals surface area (Å²) < 4.78 is 11.9. The van der Waals surface area contributed by atoms with Gasteiger partial charge in [0.15, 0.2) is 0 Å². The molecule has 1 aromatic heterocycles. The Morgan fingerprint density at radius 3 is 2.62 bits per heavy atom. The number of furan rings is 1. The van der Waals surface area contributed by atoms with Crippen LogP contribution in [0.15, 0.2) is 40.8 Å². The van der Waals surface area contributed by atoms with Gasteiger partial charge >= 0.3 is 0 Å². The summed E-state index contributed by atoms with van der Waals surface area (Å²) in [6.45, 7) is 10.8. The number of benzene rings is 2. The van der Waals surface area contributed by atoms with Gasteiger partial charge in [-0.05, 0) is 63.5 Å². The zero-order valence-corrected chi connectivity index (χ0v) is 18.2. The number of allylic oxidation sites excluding steroid dienone is 1. The molecule has 0 saturated carbocycles. The second-order valence-corrected chi connectivity index (χ2v) is 7.51. The molecule has 0 aliphatic carbocycles. The Labute approximate surface area is 176 Å². The van der Waals surface area contributed by atoms with E-state index in [-0.39, 0.29) is 5.91 Å². The van der Waals surface area contributed by atoms with Gasteiger partial charge in [0.25, 0.3) is 0 Å². The number of amides is 1. The monoisotopic (exact) mass is 411 g/mol. The maximum atomic E-state index is 12.5. The predicted octanol–water partition coefficient (Wildman–Crippen LogP) is 6.13. The molecule has 0 radical (unpaired) electrons. The summed E-state index contributed by atoms with van der Waals surface area (Å²) in [5.74, 6) is 1.46. The molecule has 0 atom stereocenters. The van der Waals surface area contributed by atoms with Gasteiger partial charge in [0.1, 0.15) is 17.1 Å². The van der Waals surface area contributed by atoms with Crippen LogP contribution in [0.25, 0.3) is 16.5 Å². The van der Waals surface area contributed by atoms with E-state index in [0.717, 1.165) is 50.3 Å². The first kappa shape index (κ1) is 21.0. The molecule has 1 N–H and O–H groups in total. The van der Waals surface area contributed by atoms with E-state index in [2.05, 4.69) is 5.32 Å². The SMILES string of the molecule is CCOc1c(/C(C)=C/C(=O)NCc2ccccc2Cl)cc2c(C)c(C)oc2c1C. The first-order valence-electron chi connectivity index (χ1n) is 9.69. The third-order valence-corrected chi connectivity index (χ3v) is 5.49. The van der Waals surface area contributed by atoms with Gasteiger partial charge in [0.2, 0.25) is 5.91 Å². The molecule has 0 saturated heterocycles. The van der Waals surface area contributed by atoms with Gasteiger partial charge in [0, 0.05) is 34.2 Å². The van der Waals surface area contributed by atoms with Gasteiger partial charge in [-0.1, -0.05) is 29.8 Å². The molecule has 0 unspecified atom stereocenters. The topological polar surface area (TPSA) is 51.5 Å². The molecule has 4 nitrogen and oxygen atoms in total. The van der Waals surface area contributed by atoms with Gasteiger partial charge < -0.3 is 14.5 Å². The molecule has 2 aromatic carbocycles. The van der Waals surface area contributed by atoms with Crippen LogP contribution in [0.5, 0.6) is 5.75 Å². The highest BCUT2D eigenvalue weighted by atomic mass is 35.5. The molecule has 0 fully saturated rings. The first-order valence-corrected chi connectivity index (χ1v) is 10.1. The molecular formula is C24H26ClNO3. The second kappa shape index (κ2) is 8.75. The Balaban J connectivity index is 1.93. The number of aryl methyl sites for hydroxylation is 3. The third-order valence-electron chi connectivity index (χ3n) is 5.12. The van der Waals surface area contributed by atoms with Gasteiger partial charge in [-0.15, -0.1) is 0 Å². The average molecular weight is 412 g/mol. The normalized spacial score (nSPS) is 11.7. The highest BCUT2D eigenvalue weighted by molar-refractivity contribution is 6.31. The lowest BCUT2D eigenvalue weighted by atomic mass is 9.98. The second-order valence-electron chi connectivity index (χ2n) is 7.11. The zero-order chi connectivity index (χ0) is 21.1. The fourth-order valence-corrected chi connectivity index (χ4v) is 3.59. The first-order chi connectivity index (χ1) is 13.8. The summed E-state index contributed by atoms with van der Waals surface area (Å²) in [6.07, 6.45) is 1.60. The van der Waals surface area contributed by atoms with Crippen molar-refractivity contribution in [2.45, 2.75) is 41.2 Å². The largest absolute Gasteiger partial charge is 0.493 e. The van der Waals surface area contributed by atoms with Crippen molar-refractivity contribution in [3.63, 3.8) is 0 Å². The Bertz CT molecular complexity index is 1100. The maximum absolute atomic E-state index is 12.5. The minimum Gasteiger partial charge on any atom is -0.493 e. The van der Waals surface area contributed by atoms with Crippen molar-refractivity contribution in [3.05, 3.63) is 69.4 Å². The van der Waals surface area contributed by atoms with E-state index in [9.17, 15) is 4.79 Å². The van der Waals surface area contributed by atoms with Crippen molar-refractivity contribution in [2.24, 2.45) is 0 Å². The van der Waals surface area contributed by atoms with E-state index >= 15 is 0 Å². The summed E-state index contributed by atoms with van der Waals surface area (Å²) in [7, 11) is 0. The van der Waals surface area contributed by atoms with E-state index in [0.29, 0.717) is 18.2 Å². The number of nitrogens with one attached hydrogen (secondary N) is 1. The Hall–Kier alpha value is -2.72. The number of halogens is 1. The molecule has 0 aliphatic heterocycles. The standard InChI is InChI=1S/C24H26ClNO3/c1-6-28-23-16(4)24-20(15(3)17(5)29-24)12-19(23)14(2)11-22(27)26-13-18-9-7-8-10-21(18)25/h7-12H,6,13H2,1-5H3,(H,26,27)/b14-11+. The van der Waals surface area contributed by atoms with Crippen molar-refractivity contribution in [2.75, 3.05) is 6.61 Å². The number of ether oxygens (including phenoxy) is 1. The van der Waals surface area contributed by atoms with Crippen molar-refractivity contribution >= 4 is 34.1 Å². The molecule has 29 heavy (non-hydrogen) atoms. The quantitative estimate of drug-likeness (QED) is 0.496. The average Bonchev–Trinajstić information content (AvgIpc) is 2.98. The molecule has 1 amide bonds. The molecular weight excluding hydrogens is 386 g/mol. The fourth-order valence-electron chi connectivity index (χ4n) is 3.38. The lowest BCUT2D eigenvalue weighted by Gasteiger charge is -2.14. The van der Waals surface area contributed by atoms with Crippen molar-refractivity contribution in [1.29, 1.82) is 0 Å². The van der Waals surface area contributed by atoms with Crippen LogP contribution in [-0.4, -0.2) is 12.5 Å². The van der Waals surface area contributed by atoms with Gasteiger partial charge in [0.05, 0.1) is 6.61 Å². The molecule has 0 aliphatic rings. The van der Waals surface area contributed by atoms with Crippen molar-refractivity contribution < 1.29 is 13.9 Å². The molecule has 3 rings (SSSR count). The van der Waals surface area contributed by atoms with E-state index in [1.54, 1.807) is 6.08 Å². The van der Waals surface area contributed by atoms with Gasteiger partial charge in [-0.3, -0.25) is 4.79 Å². The van der Waals surface area contributed by atoms with Crippen molar-refractivity contribution in [3.8, 4) is 5.75 Å². The van der Waals surface area contributed by atoms with Crippen LogP contribution in [0.3, 0.4) is 0 Å². The van der Waals surface area contributed by atoms with E-state index in [1.807, 2.05) is 65.0 Å². The minimum atomic E-state index is -0.178. The highest BCUT2D eigenvalue weighted by Crippen LogP contribution is 2.38. The number of carbonyl (C=O) groups is 1. The minimum absolute atomic E-state index is 0.178. The highest BCUT2D eigenvalue weighted by Gasteiger charge is 2.18. The van der Waals surface area contributed by atoms with Gasteiger partial charge in [-0.2, -0.15) is 0 Å².